The van der Waals surface area contributed by atoms with Crippen LogP contribution in [-0.4, -0.2) is 17.5 Å². The minimum atomic E-state index is -4.67. The van der Waals surface area contributed by atoms with Crippen molar-refractivity contribution >= 4 is 10.4 Å². The van der Waals surface area contributed by atoms with Crippen molar-refractivity contribution in [2.45, 2.75) is 136 Å². The summed E-state index contributed by atoms with van der Waals surface area (Å²) in [4.78, 5) is 0. The van der Waals surface area contributed by atoms with E-state index < -0.39 is 10.4 Å². The molecule has 0 aliphatic rings. The second-order valence-corrected chi connectivity index (χ2v) is 9.89. The van der Waals surface area contributed by atoms with E-state index in [2.05, 4.69) is 39.0 Å². The Morgan fingerprint density at radius 1 is 0.562 bits per heavy atom. The molecular weight excluding hydrogens is 420 g/mol. The van der Waals surface area contributed by atoms with Gasteiger partial charge in [0.1, 0.15) is 0 Å². The van der Waals surface area contributed by atoms with E-state index in [0.717, 1.165) is 0 Å². The highest BCUT2D eigenvalue weighted by molar-refractivity contribution is 7.79. The Morgan fingerprint density at radius 3 is 1.22 bits per heavy atom. The fraction of sp³-hybridized carbons (Fsp3) is 0.778. The lowest BCUT2D eigenvalue weighted by molar-refractivity contribution is 0.381. The van der Waals surface area contributed by atoms with Crippen LogP contribution >= 0.6 is 0 Å². The molecule has 2 N–H and O–H groups in total. The zero-order chi connectivity index (χ0) is 24.1. The van der Waals surface area contributed by atoms with E-state index in [4.69, 9.17) is 17.5 Å². The predicted octanol–water partition coefficient (Wildman–Crippen LogP) is 8.57. The molecule has 0 saturated heterocycles. The first-order chi connectivity index (χ1) is 15.3. The molecular formula is C27H50O4S. The summed E-state index contributed by atoms with van der Waals surface area (Å²) >= 11 is 0. The molecule has 188 valence electrons. The molecule has 0 bridgehead atoms. The molecule has 0 amide bonds. The molecule has 0 fully saturated rings. The number of rotatable bonds is 18. The van der Waals surface area contributed by atoms with Gasteiger partial charge in [0.15, 0.2) is 0 Å². The van der Waals surface area contributed by atoms with Crippen molar-refractivity contribution in [1.82, 2.24) is 0 Å². The average Bonchev–Trinajstić information content (AvgIpc) is 2.73. The summed E-state index contributed by atoms with van der Waals surface area (Å²) in [5.74, 6) is 0. The molecule has 4 nitrogen and oxygen atoms in total. The van der Waals surface area contributed by atoms with Crippen molar-refractivity contribution < 1.29 is 17.5 Å². The van der Waals surface area contributed by atoms with E-state index in [1.807, 2.05) is 0 Å². The normalized spacial score (nSPS) is 11.3. The molecule has 0 unspecified atom stereocenters. The zero-order valence-electron chi connectivity index (χ0n) is 21.1. The second kappa shape index (κ2) is 20.7. The molecule has 0 saturated carbocycles. The van der Waals surface area contributed by atoms with Crippen molar-refractivity contribution in [3.8, 4) is 0 Å². The first-order valence-corrected chi connectivity index (χ1v) is 14.5. The van der Waals surface area contributed by atoms with Gasteiger partial charge in [-0.2, -0.15) is 8.42 Å². The summed E-state index contributed by atoms with van der Waals surface area (Å²) < 4.78 is 31.6. The van der Waals surface area contributed by atoms with Gasteiger partial charge in [0.25, 0.3) is 0 Å². The van der Waals surface area contributed by atoms with E-state index in [-0.39, 0.29) is 0 Å². The monoisotopic (exact) mass is 470 g/mol. The Hall–Kier alpha value is -0.910. The van der Waals surface area contributed by atoms with Gasteiger partial charge in [-0.3, -0.25) is 9.11 Å². The van der Waals surface area contributed by atoms with Gasteiger partial charge in [-0.1, -0.05) is 116 Å². The quantitative estimate of drug-likeness (QED) is 0.166. The van der Waals surface area contributed by atoms with Crippen molar-refractivity contribution in [3.05, 3.63) is 34.9 Å². The maximum atomic E-state index is 8.74. The summed E-state index contributed by atoms with van der Waals surface area (Å²) in [7, 11) is -4.67. The van der Waals surface area contributed by atoms with Crippen LogP contribution in [0.25, 0.3) is 0 Å². The van der Waals surface area contributed by atoms with E-state index >= 15 is 0 Å². The van der Waals surface area contributed by atoms with E-state index in [1.54, 1.807) is 16.7 Å². The van der Waals surface area contributed by atoms with Crippen molar-refractivity contribution in [3.63, 3.8) is 0 Å². The molecule has 0 aliphatic heterocycles. The van der Waals surface area contributed by atoms with E-state index in [9.17, 15) is 0 Å². The van der Waals surface area contributed by atoms with Crippen LogP contribution in [0.3, 0.4) is 0 Å². The van der Waals surface area contributed by atoms with Crippen LogP contribution in [0.5, 0.6) is 0 Å². The van der Waals surface area contributed by atoms with Crippen LogP contribution in [0.2, 0.25) is 0 Å². The Morgan fingerprint density at radius 2 is 0.875 bits per heavy atom. The van der Waals surface area contributed by atoms with Crippen molar-refractivity contribution in [1.29, 1.82) is 0 Å². The van der Waals surface area contributed by atoms with Gasteiger partial charge in [0.05, 0.1) is 0 Å². The third-order valence-corrected chi connectivity index (χ3v) is 6.00. The summed E-state index contributed by atoms with van der Waals surface area (Å²) in [6, 6.07) is 7.20. The third-order valence-electron chi connectivity index (χ3n) is 6.00. The maximum Gasteiger partial charge on any atom is 0.394 e. The fourth-order valence-corrected chi connectivity index (χ4v) is 4.22. The first-order valence-electron chi connectivity index (χ1n) is 13.1. The van der Waals surface area contributed by atoms with Crippen LogP contribution < -0.4 is 0 Å². The number of benzene rings is 1. The van der Waals surface area contributed by atoms with Gasteiger partial charge in [-0.25, -0.2) is 0 Å². The van der Waals surface area contributed by atoms with Gasteiger partial charge < -0.3 is 0 Å². The standard InChI is InChI=1S/C27H48.H2O4S/c1-4-7-10-13-16-20-25-22-19-23-26(21-17-14-11-8-5-2)27(25)24-18-15-12-9-6-3;1-5(2,3)4/h19,22-23H,4-18,20-21,24H2,1-3H3;(H2,1,2,3,4). The summed E-state index contributed by atoms with van der Waals surface area (Å²) in [6.07, 6.45) is 24.8. The molecule has 0 atom stereocenters. The summed E-state index contributed by atoms with van der Waals surface area (Å²) in [5.41, 5.74) is 5.08. The summed E-state index contributed by atoms with van der Waals surface area (Å²) in [5, 5.41) is 0. The Kier molecular flexibility index (Phi) is 20.1. The average molecular weight is 471 g/mol. The number of unbranched alkanes of at least 4 members (excludes halogenated alkanes) is 12. The van der Waals surface area contributed by atoms with Gasteiger partial charge in [0, 0.05) is 0 Å². The lowest BCUT2D eigenvalue weighted by Crippen LogP contribution is -2.02. The summed E-state index contributed by atoms with van der Waals surface area (Å²) in [6.45, 7) is 6.92. The zero-order valence-corrected chi connectivity index (χ0v) is 21.9. The van der Waals surface area contributed by atoms with Crippen LogP contribution in [-0.2, 0) is 29.7 Å². The molecule has 1 aromatic carbocycles. The van der Waals surface area contributed by atoms with Crippen LogP contribution in [0.4, 0.5) is 0 Å². The van der Waals surface area contributed by atoms with Crippen LogP contribution in [0.15, 0.2) is 18.2 Å². The molecule has 0 aliphatic carbocycles. The van der Waals surface area contributed by atoms with Crippen LogP contribution in [0.1, 0.15) is 134 Å². The third kappa shape index (κ3) is 19.8. The number of hydrogen-bond donors (Lipinski definition) is 2. The Balaban J connectivity index is 0.00000172. The number of hydrogen-bond acceptors (Lipinski definition) is 2. The van der Waals surface area contributed by atoms with E-state index in [1.165, 1.54) is 116 Å². The SMILES string of the molecule is CCCCCCCc1cccc(CCCCCCC)c1CCCCCCC.O=S(=O)(O)O. The van der Waals surface area contributed by atoms with Crippen molar-refractivity contribution in [2.75, 3.05) is 0 Å². The highest BCUT2D eigenvalue weighted by Gasteiger charge is 2.08. The lowest BCUT2D eigenvalue weighted by atomic mass is 9.90. The van der Waals surface area contributed by atoms with Crippen LogP contribution in [0, 0.1) is 0 Å². The van der Waals surface area contributed by atoms with Gasteiger partial charge in [-0.15, -0.1) is 0 Å². The first kappa shape index (κ1) is 31.1. The topological polar surface area (TPSA) is 74.6 Å². The Bertz CT molecular complexity index is 615. The van der Waals surface area contributed by atoms with Gasteiger partial charge in [0.2, 0.25) is 0 Å². The van der Waals surface area contributed by atoms with Gasteiger partial charge >= 0.3 is 10.4 Å². The molecule has 1 rings (SSSR count). The maximum absolute atomic E-state index is 8.74. The fourth-order valence-electron chi connectivity index (χ4n) is 4.22. The molecule has 32 heavy (non-hydrogen) atoms. The largest absolute Gasteiger partial charge is 0.394 e. The minimum Gasteiger partial charge on any atom is -0.264 e. The second-order valence-electron chi connectivity index (χ2n) is 9.00. The van der Waals surface area contributed by atoms with Gasteiger partial charge in [-0.05, 0) is 55.2 Å². The number of aryl methyl sites for hydroxylation is 2. The molecule has 5 heteroatoms. The molecule has 1 aromatic rings. The van der Waals surface area contributed by atoms with Crippen molar-refractivity contribution in [2.24, 2.45) is 0 Å². The highest BCUT2D eigenvalue weighted by Crippen LogP contribution is 2.23. The lowest BCUT2D eigenvalue weighted by Gasteiger charge is -2.16. The molecule has 0 radical (unpaired) electrons. The molecule has 0 spiro atoms. The van der Waals surface area contributed by atoms with E-state index in [0.29, 0.717) is 0 Å². The highest BCUT2D eigenvalue weighted by atomic mass is 32.3. The molecule has 0 heterocycles. The minimum absolute atomic E-state index is 1.30. The Labute approximate surface area is 199 Å². The predicted molar refractivity (Wildman–Crippen MR) is 138 cm³/mol. The smallest absolute Gasteiger partial charge is 0.264 e. The molecule has 0 aromatic heterocycles.